The molecule has 0 saturated heterocycles. The number of carbonyl (C=O) groups is 1. The zero-order chi connectivity index (χ0) is 11.7. The van der Waals surface area contributed by atoms with E-state index >= 15 is 0 Å². The number of halogens is 2. The predicted molar refractivity (Wildman–Crippen MR) is 50.4 cm³/mol. The van der Waals surface area contributed by atoms with Gasteiger partial charge in [0.1, 0.15) is 9.84 Å². The number of rotatable bonds is 4. The fraction of sp³-hybridized carbons (Fsp3) is 0.875. The summed E-state index contributed by atoms with van der Waals surface area (Å²) in [7, 11) is -3.18. The van der Waals surface area contributed by atoms with E-state index in [-0.39, 0.29) is 25.0 Å². The van der Waals surface area contributed by atoms with Gasteiger partial charge in [-0.3, -0.25) is 4.79 Å². The van der Waals surface area contributed by atoms with Crippen molar-refractivity contribution in [1.29, 1.82) is 0 Å². The Balaban J connectivity index is 2.21. The molecule has 7 heteroatoms. The lowest BCUT2D eigenvalue weighted by atomic mass is 9.88. The SMILES string of the molecule is CS(=O)(=O)CCC(=O)NC1CC(F)(F)C1. The van der Waals surface area contributed by atoms with Gasteiger partial charge in [-0.05, 0) is 0 Å². The molecule has 1 aliphatic rings. The monoisotopic (exact) mass is 241 g/mol. The summed E-state index contributed by atoms with van der Waals surface area (Å²) in [6.45, 7) is 0. The predicted octanol–water partition coefficient (Wildman–Crippen LogP) is 0.335. The summed E-state index contributed by atoms with van der Waals surface area (Å²) in [5.74, 6) is -3.41. The summed E-state index contributed by atoms with van der Waals surface area (Å²) in [5, 5.41) is 2.36. The van der Waals surface area contributed by atoms with E-state index in [2.05, 4.69) is 5.32 Å². The minimum atomic E-state index is -3.18. The Hall–Kier alpha value is -0.720. The van der Waals surface area contributed by atoms with Crippen LogP contribution in [0.5, 0.6) is 0 Å². The van der Waals surface area contributed by atoms with Crippen LogP contribution in [-0.2, 0) is 14.6 Å². The fourth-order valence-electron chi connectivity index (χ4n) is 1.34. The third-order valence-corrected chi connectivity index (χ3v) is 3.10. The fourth-order valence-corrected chi connectivity index (χ4v) is 1.90. The van der Waals surface area contributed by atoms with Gasteiger partial charge in [-0.1, -0.05) is 0 Å². The van der Waals surface area contributed by atoms with Crippen LogP contribution in [0, 0.1) is 0 Å². The molecule has 0 aliphatic heterocycles. The van der Waals surface area contributed by atoms with Gasteiger partial charge >= 0.3 is 0 Å². The molecule has 0 radical (unpaired) electrons. The van der Waals surface area contributed by atoms with Gasteiger partial charge in [-0.25, -0.2) is 17.2 Å². The molecule has 1 N–H and O–H groups in total. The highest BCUT2D eigenvalue weighted by Crippen LogP contribution is 2.37. The van der Waals surface area contributed by atoms with Crippen molar-refractivity contribution in [3.8, 4) is 0 Å². The summed E-state index contributed by atoms with van der Waals surface area (Å²) < 4.78 is 46.1. The van der Waals surface area contributed by atoms with E-state index in [1.165, 1.54) is 0 Å². The van der Waals surface area contributed by atoms with Crippen molar-refractivity contribution in [2.24, 2.45) is 0 Å². The number of amides is 1. The third kappa shape index (κ3) is 4.55. The number of carbonyl (C=O) groups excluding carboxylic acids is 1. The van der Waals surface area contributed by atoms with Crippen molar-refractivity contribution in [2.75, 3.05) is 12.0 Å². The molecule has 0 unspecified atom stereocenters. The second-order valence-electron chi connectivity index (χ2n) is 3.91. The van der Waals surface area contributed by atoms with Crippen LogP contribution in [0.1, 0.15) is 19.3 Å². The summed E-state index contributed by atoms with van der Waals surface area (Å²) in [5.41, 5.74) is 0. The van der Waals surface area contributed by atoms with Gasteiger partial charge in [0, 0.05) is 31.6 Å². The van der Waals surface area contributed by atoms with E-state index in [1.807, 2.05) is 0 Å². The lowest BCUT2D eigenvalue weighted by Crippen LogP contribution is -2.50. The largest absolute Gasteiger partial charge is 0.353 e. The van der Waals surface area contributed by atoms with Crippen molar-refractivity contribution in [1.82, 2.24) is 5.32 Å². The normalized spacial score (nSPS) is 20.7. The smallest absolute Gasteiger partial charge is 0.252 e. The van der Waals surface area contributed by atoms with Crippen LogP contribution >= 0.6 is 0 Å². The molecule has 1 fully saturated rings. The van der Waals surface area contributed by atoms with Gasteiger partial charge in [0.05, 0.1) is 5.75 Å². The average molecular weight is 241 g/mol. The highest BCUT2D eigenvalue weighted by molar-refractivity contribution is 7.90. The van der Waals surface area contributed by atoms with Crippen molar-refractivity contribution < 1.29 is 22.0 Å². The first kappa shape index (κ1) is 12.4. The van der Waals surface area contributed by atoms with Crippen LogP contribution in [-0.4, -0.2) is 38.3 Å². The molecule has 1 amide bonds. The van der Waals surface area contributed by atoms with Crippen molar-refractivity contribution >= 4 is 15.7 Å². The highest BCUT2D eigenvalue weighted by atomic mass is 32.2. The zero-order valence-corrected chi connectivity index (χ0v) is 9.11. The van der Waals surface area contributed by atoms with Gasteiger partial charge in [0.15, 0.2) is 0 Å². The molecule has 0 atom stereocenters. The number of alkyl halides is 2. The lowest BCUT2D eigenvalue weighted by molar-refractivity contribution is -0.128. The van der Waals surface area contributed by atoms with E-state index in [9.17, 15) is 22.0 Å². The van der Waals surface area contributed by atoms with Crippen LogP contribution in [0.3, 0.4) is 0 Å². The summed E-state index contributed by atoms with van der Waals surface area (Å²) in [4.78, 5) is 11.1. The first-order valence-electron chi connectivity index (χ1n) is 4.53. The minimum absolute atomic E-state index is 0.166. The van der Waals surface area contributed by atoms with Crippen LogP contribution < -0.4 is 5.32 Å². The Morgan fingerprint density at radius 3 is 2.40 bits per heavy atom. The Morgan fingerprint density at radius 1 is 1.47 bits per heavy atom. The Bertz CT molecular complexity index is 345. The molecule has 0 aromatic rings. The van der Waals surface area contributed by atoms with Crippen LogP contribution in [0.2, 0.25) is 0 Å². The quantitative estimate of drug-likeness (QED) is 0.771. The molecule has 1 rings (SSSR count). The van der Waals surface area contributed by atoms with Gasteiger partial charge in [0.2, 0.25) is 5.91 Å². The zero-order valence-electron chi connectivity index (χ0n) is 8.29. The molecule has 0 heterocycles. The molecular formula is C8H13F2NO3S. The first-order chi connectivity index (χ1) is 6.68. The highest BCUT2D eigenvalue weighted by Gasteiger charge is 2.45. The number of hydrogen-bond donors (Lipinski definition) is 1. The van der Waals surface area contributed by atoms with Gasteiger partial charge in [0.25, 0.3) is 5.92 Å². The Kier molecular flexibility index (Phi) is 3.32. The summed E-state index contributed by atoms with van der Waals surface area (Å²) >= 11 is 0. The molecule has 1 aliphatic carbocycles. The maximum atomic E-state index is 12.4. The van der Waals surface area contributed by atoms with E-state index in [0.717, 1.165) is 6.26 Å². The van der Waals surface area contributed by atoms with Crippen molar-refractivity contribution in [3.05, 3.63) is 0 Å². The maximum absolute atomic E-state index is 12.4. The lowest BCUT2D eigenvalue weighted by Gasteiger charge is -2.35. The van der Waals surface area contributed by atoms with Crippen LogP contribution in [0.15, 0.2) is 0 Å². The van der Waals surface area contributed by atoms with Crippen molar-refractivity contribution in [2.45, 2.75) is 31.2 Å². The number of sulfone groups is 1. The molecule has 0 spiro atoms. The topological polar surface area (TPSA) is 63.2 Å². The van der Waals surface area contributed by atoms with Crippen molar-refractivity contribution in [3.63, 3.8) is 0 Å². The van der Waals surface area contributed by atoms with Gasteiger partial charge in [-0.15, -0.1) is 0 Å². The van der Waals surface area contributed by atoms with Crippen LogP contribution in [0.25, 0.3) is 0 Å². The van der Waals surface area contributed by atoms with E-state index in [0.29, 0.717) is 0 Å². The standard InChI is InChI=1S/C8H13F2NO3S/c1-15(13,14)3-2-7(12)11-6-4-8(9,10)5-6/h6H,2-5H2,1H3,(H,11,12). The second-order valence-corrected chi connectivity index (χ2v) is 6.17. The summed E-state index contributed by atoms with van der Waals surface area (Å²) in [6, 6.07) is -0.507. The maximum Gasteiger partial charge on any atom is 0.252 e. The minimum Gasteiger partial charge on any atom is -0.353 e. The molecule has 0 bridgehead atoms. The van der Waals surface area contributed by atoms with Crippen LogP contribution in [0.4, 0.5) is 8.78 Å². The third-order valence-electron chi connectivity index (χ3n) is 2.16. The summed E-state index contributed by atoms with van der Waals surface area (Å²) in [6.07, 6.45) is 0.161. The molecular weight excluding hydrogens is 228 g/mol. The van der Waals surface area contributed by atoms with E-state index in [4.69, 9.17) is 0 Å². The molecule has 88 valence electrons. The molecule has 1 saturated carbocycles. The average Bonchev–Trinajstić information content (AvgIpc) is 1.96. The molecule has 15 heavy (non-hydrogen) atoms. The molecule has 0 aromatic heterocycles. The number of nitrogens with one attached hydrogen (secondary N) is 1. The van der Waals surface area contributed by atoms with Gasteiger partial charge < -0.3 is 5.32 Å². The van der Waals surface area contributed by atoms with E-state index < -0.39 is 27.7 Å². The van der Waals surface area contributed by atoms with Gasteiger partial charge in [-0.2, -0.15) is 0 Å². The number of hydrogen-bond acceptors (Lipinski definition) is 3. The Morgan fingerprint density at radius 2 is 2.00 bits per heavy atom. The first-order valence-corrected chi connectivity index (χ1v) is 6.59. The Labute approximate surface area is 87.0 Å². The molecule has 0 aromatic carbocycles. The molecule has 4 nitrogen and oxygen atoms in total. The second kappa shape index (κ2) is 4.03. The van der Waals surface area contributed by atoms with E-state index in [1.54, 1.807) is 0 Å².